The lowest BCUT2D eigenvalue weighted by molar-refractivity contribution is -0.131. The predicted octanol–water partition coefficient (Wildman–Crippen LogP) is 6.18. The molecule has 5 nitrogen and oxygen atoms in total. The van der Waals surface area contributed by atoms with Crippen LogP contribution in [0, 0.1) is 29.0 Å². The summed E-state index contributed by atoms with van der Waals surface area (Å²) in [6, 6.07) is 18.9. The first-order chi connectivity index (χ1) is 16.9. The number of allylic oxidation sites excluding steroid dienone is 1. The van der Waals surface area contributed by atoms with E-state index >= 15 is 4.39 Å². The average Bonchev–Trinajstić information content (AvgIpc) is 3.64. The van der Waals surface area contributed by atoms with Gasteiger partial charge in [-0.1, -0.05) is 36.4 Å². The number of nitriles is 1. The number of nitrogens with zero attached hydrogens (tertiary/aromatic N) is 2. The Labute approximate surface area is 199 Å². The summed E-state index contributed by atoms with van der Waals surface area (Å²) in [4.78, 5) is 10.9. The topological polar surface area (TPSA) is 89.8 Å². The number of carbonyl (C=O) groups is 1. The van der Waals surface area contributed by atoms with Crippen molar-refractivity contribution in [3.8, 4) is 6.07 Å². The van der Waals surface area contributed by atoms with Crippen LogP contribution in [0.1, 0.15) is 40.7 Å². The van der Waals surface area contributed by atoms with Gasteiger partial charge in [0.25, 0.3) is 0 Å². The molecule has 0 saturated heterocycles. The molecule has 1 saturated carbocycles. The number of fused-ring (bicyclic) bond motifs is 1. The van der Waals surface area contributed by atoms with Gasteiger partial charge in [0.2, 0.25) is 5.95 Å². The minimum atomic E-state index is -1.04. The normalized spacial score (nSPS) is 14.2. The number of nitrogens with one attached hydrogen (secondary N) is 1. The first-order valence-electron chi connectivity index (χ1n) is 11.0. The van der Waals surface area contributed by atoms with Crippen molar-refractivity contribution >= 4 is 34.1 Å². The van der Waals surface area contributed by atoms with Gasteiger partial charge in [-0.2, -0.15) is 14.8 Å². The Morgan fingerprint density at radius 3 is 2.46 bits per heavy atom. The van der Waals surface area contributed by atoms with Gasteiger partial charge >= 0.3 is 5.97 Å². The molecular weight excluding hydrogens is 448 g/mol. The highest BCUT2D eigenvalue weighted by atomic mass is 19.1. The van der Waals surface area contributed by atoms with Crippen LogP contribution in [0.4, 0.5) is 8.78 Å². The van der Waals surface area contributed by atoms with E-state index in [-0.39, 0.29) is 11.5 Å². The summed E-state index contributed by atoms with van der Waals surface area (Å²) in [7, 11) is 0. The molecule has 5 rings (SSSR count). The number of halogens is 2. The Morgan fingerprint density at radius 2 is 1.80 bits per heavy atom. The quantitative estimate of drug-likeness (QED) is 0.262. The molecule has 35 heavy (non-hydrogen) atoms. The van der Waals surface area contributed by atoms with Crippen molar-refractivity contribution in [1.82, 2.24) is 10.2 Å². The van der Waals surface area contributed by atoms with Crippen LogP contribution in [0.3, 0.4) is 0 Å². The van der Waals surface area contributed by atoms with Crippen molar-refractivity contribution in [1.29, 1.82) is 5.26 Å². The van der Waals surface area contributed by atoms with E-state index in [9.17, 15) is 14.4 Å². The van der Waals surface area contributed by atoms with Gasteiger partial charge in [0, 0.05) is 11.6 Å². The first kappa shape index (κ1) is 22.2. The van der Waals surface area contributed by atoms with Crippen molar-refractivity contribution < 1.29 is 18.7 Å². The Balaban J connectivity index is 1.75. The molecule has 1 aliphatic rings. The molecule has 0 radical (unpaired) electrons. The monoisotopic (exact) mass is 467 g/mol. The zero-order valence-electron chi connectivity index (χ0n) is 18.4. The van der Waals surface area contributed by atoms with Crippen LogP contribution in [0.2, 0.25) is 0 Å². The molecule has 3 aromatic carbocycles. The van der Waals surface area contributed by atoms with E-state index < -0.39 is 17.7 Å². The second-order valence-corrected chi connectivity index (χ2v) is 8.43. The van der Waals surface area contributed by atoms with Gasteiger partial charge in [-0.05, 0) is 76.9 Å². The van der Waals surface area contributed by atoms with Crippen molar-refractivity contribution in [3.05, 3.63) is 106 Å². The highest BCUT2D eigenvalue weighted by molar-refractivity contribution is 6.02. The molecular formula is C28H19F2N3O2. The van der Waals surface area contributed by atoms with E-state index in [1.807, 2.05) is 24.3 Å². The Hall–Kier alpha value is -4.57. The second kappa shape index (κ2) is 8.99. The molecule has 1 fully saturated rings. The number of carboxylic acids is 1. The summed E-state index contributed by atoms with van der Waals surface area (Å²) >= 11 is 0. The molecule has 0 spiro atoms. The summed E-state index contributed by atoms with van der Waals surface area (Å²) < 4.78 is 29.6. The number of aliphatic carboxylic acids is 1. The summed E-state index contributed by atoms with van der Waals surface area (Å²) in [5.41, 5.74) is 4.87. The summed E-state index contributed by atoms with van der Waals surface area (Å²) in [6.07, 6.45) is 4.33. The maximum absolute atomic E-state index is 15.2. The van der Waals surface area contributed by atoms with Crippen molar-refractivity contribution in [3.63, 3.8) is 0 Å². The van der Waals surface area contributed by atoms with Crippen molar-refractivity contribution in [2.75, 3.05) is 0 Å². The molecule has 0 unspecified atom stereocenters. The molecule has 0 atom stereocenters. The maximum Gasteiger partial charge on any atom is 0.328 e. The van der Waals surface area contributed by atoms with Crippen LogP contribution in [0.25, 0.3) is 28.1 Å². The number of H-pyrrole nitrogens is 1. The molecule has 1 aromatic heterocycles. The van der Waals surface area contributed by atoms with E-state index in [1.165, 1.54) is 12.1 Å². The molecule has 1 heterocycles. The van der Waals surface area contributed by atoms with Gasteiger partial charge in [-0.15, -0.1) is 0 Å². The summed E-state index contributed by atoms with van der Waals surface area (Å²) in [5.74, 6) is -1.96. The molecule has 0 bridgehead atoms. The van der Waals surface area contributed by atoms with Gasteiger partial charge in [0.05, 0.1) is 22.5 Å². The lowest BCUT2D eigenvalue weighted by Gasteiger charge is -2.18. The minimum absolute atomic E-state index is 0.115. The molecule has 172 valence electrons. The lowest BCUT2D eigenvalue weighted by Crippen LogP contribution is -2.00. The standard InChI is InChI=1S/C28H19F2N3O2/c29-23-13-17(15-31)3-10-21(23)27(19-7-8-19)26(18-5-1-16(2-6-18)4-12-25(34)35)20-9-11-24-22(14-20)28(30)33-32-24/h1-6,9-14,19H,7-8H2,(H,32,33)(H,34,35). The molecule has 0 amide bonds. The van der Waals surface area contributed by atoms with Crippen LogP contribution in [-0.4, -0.2) is 21.3 Å². The number of hydrogen-bond acceptors (Lipinski definition) is 3. The van der Waals surface area contributed by atoms with Gasteiger partial charge in [0.15, 0.2) is 0 Å². The van der Waals surface area contributed by atoms with Crippen LogP contribution < -0.4 is 0 Å². The van der Waals surface area contributed by atoms with E-state index in [0.29, 0.717) is 27.6 Å². The lowest BCUT2D eigenvalue weighted by atomic mass is 9.86. The number of benzene rings is 3. The predicted molar refractivity (Wildman–Crippen MR) is 129 cm³/mol. The smallest absolute Gasteiger partial charge is 0.328 e. The molecule has 7 heteroatoms. The van der Waals surface area contributed by atoms with E-state index in [4.69, 9.17) is 5.11 Å². The zero-order chi connectivity index (χ0) is 24.5. The average molecular weight is 467 g/mol. The highest BCUT2D eigenvalue weighted by Gasteiger charge is 2.32. The number of hydrogen-bond donors (Lipinski definition) is 2. The van der Waals surface area contributed by atoms with E-state index in [1.54, 1.807) is 36.4 Å². The number of aromatic nitrogens is 2. The fourth-order valence-electron chi connectivity index (χ4n) is 4.27. The fourth-order valence-corrected chi connectivity index (χ4v) is 4.27. The largest absolute Gasteiger partial charge is 0.478 e. The van der Waals surface area contributed by atoms with E-state index in [2.05, 4.69) is 10.2 Å². The van der Waals surface area contributed by atoms with Gasteiger partial charge < -0.3 is 5.11 Å². The van der Waals surface area contributed by atoms with Gasteiger partial charge in [-0.3, -0.25) is 5.10 Å². The molecule has 0 aliphatic heterocycles. The summed E-state index contributed by atoms with van der Waals surface area (Å²) in [5, 5.41) is 24.7. The molecule has 2 N–H and O–H groups in total. The minimum Gasteiger partial charge on any atom is -0.478 e. The van der Waals surface area contributed by atoms with Crippen LogP contribution in [0.5, 0.6) is 0 Å². The molecule has 4 aromatic rings. The summed E-state index contributed by atoms with van der Waals surface area (Å²) in [6.45, 7) is 0. The maximum atomic E-state index is 15.2. The van der Waals surface area contributed by atoms with Crippen molar-refractivity contribution in [2.45, 2.75) is 12.8 Å². The van der Waals surface area contributed by atoms with Crippen LogP contribution in [-0.2, 0) is 4.79 Å². The van der Waals surface area contributed by atoms with E-state index in [0.717, 1.165) is 35.6 Å². The second-order valence-electron chi connectivity index (χ2n) is 8.43. The van der Waals surface area contributed by atoms with Crippen LogP contribution in [0.15, 0.2) is 66.7 Å². The number of carboxylic acid groups (broad SMARTS) is 1. The third kappa shape index (κ3) is 4.46. The highest BCUT2D eigenvalue weighted by Crippen LogP contribution is 2.48. The third-order valence-electron chi connectivity index (χ3n) is 6.06. The SMILES string of the molecule is N#Cc1ccc(C(=C(c2ccc(C=CC(=O)O)cc2)c2ccc3n[nH]c(F)c3c2)C2CC2)c(F)c1. The number of rotatable bonds is 6. The van der Waals surface area contributed by atoms with Crippen molar-refractivity contribution in [2.24, 2.45) is 5.92 Å². The molecule has 1 aliphatic carbocycles. The zero-order valence-corrected chi connectivity index (χ0v) is 18.4. The Morgan fingerprint density at radius 1 is 1.06 bits per heavy atom. The first-order valence-corrected chi connectivity index (χ1v) is 11.0. The Bertz CT molecular complexity index is 1560. The fraction of sp³-hybridized carbons (Fsp3) is 0.107. The number of aromatic amines is 1. The van der Waals surface area contributed by atoms with Crippen LogP contribution >= 0.6 is 0 Å². The Kier molecular flexibility index (Phi) is 5.71. The third-order valence-corrected chi connectivity index (χ3v) is 6.06. The van der Waals surface area contributed by atoms with Gasteiger partial charge in [-0.25, -0.2) is 9.18 Å². The van der Waals surface area contributed by atoms with Gasteiger partial charge in [0.1, 0.15) is 5.82 Å².